The van der Waals surface area contributed by atoms with E-state index in [-0.39, 0.29) is 23.4 Å². The summed E-state index contributed by atoms with van der Waals surface area (Å²) in [5.74, 6) is -0.360. The van der Waals surface area contributed by atoms with Crippen LogP contribution in [0.25, 0.3) is 0 Å². The van der Waals surface area contributed by atoms with Crippen molar-refractivity contribution in [3.8, 4) is 5.75 Å². The van der Waals surface area contributed by atoms with E-state index in [9.17, 15) is 9.90 Å². The van der Waals surface area contributed by atoms with Crippen LogP contribution in [0.15, 0.2) is 23.6 Å². The SMILES string of the molecule is Cc1csc(C(C)NC(=O)c2ccc(N)c(O)c2)n1. The molecule has 0 fully saturated rings. The Morgan fingerprint density at radius 2 is 2.26 bits per heavy atom. The second kappa shape index (κ2) is 5.27. The number of benzene rings is 1. The summed E-state index contributed by atoms with van der Waals surface area (Å²) in [6.45, 7) is 3.78. The largest absolute Gasteiger partial charge is 0.506 e. The molecule has 0 aliphatic carbocycles. The number of phenols is 1. The molecule has 100 valence electrons. The molecule has 4 N–H and O–H groups in total. The summed E-state index contributed by atoms with van der Waals surface area (Å²) < 4.78 is 0. The third-order valence-electron chi connectivity index (χ3n) is 2.65. The Morgan fingerprint density at radius 1 is 1.53 bits per heavy atom. The lowest BCUT2D eigenvalue weighted by atomic mass is 10.1. The molecule has 1 atom stereocenters. The van der Waals surface area contributed by atoms with E-state index in [0.717, 1.165) is 10.7 Å². The smallest absolute Gasteiger partial charge is 0.251 e. The highest BCUT2D eigenvalue weighted by atomic mass is 32.1. The van der Waals surface area contributed by atoms with Crippen LogP contribution in [0, 0.1) is 6.92 Å². The highest BCUT2D eigenvalue weighted by molar-refractivity contribution is 7.09. The standard InChI is InChI=1S/C13H15N3O2S/c1-7-6-19-13(15-7)8(2)16-12(18)9-3-4-10(14)11(17)5-9/h3-6,8,17H,14H2,1-2H3,(H,16,18). The molecule has 1 heterocycles. The average molecular weight is 277 g/mol. The molecule has 2 rings (SSSR count). The minimum atomic E-state index is -0.268. The number of nitrogens with two attached hydrogens (primary N) is 1. The fourth-order valence-corrected chi connectivity index (χ4v) is 2.40. The van der Waals surface area contributed by atoms with E-state index in [0.29, 0.717) is 5.56 Å². The Balaban J connectivity index is 2.10. The van der Waals surface area contributed by atoms with Crippen molar-refractivity contribution in [3.05, 3.63) is 39.8 Å². The van der Waals surface area contributed by atoms with Gasteiger partial charge in [0.25, 0.3) is 5.91 Å². The first-order valence-electron chi connectivity index (χ1n) is 5.78. The Kier molecular flexibility index (Phi) is 3.71. The summed E-state index contributed by atoms with van der Waals surface area (Å²) in [4.78, 5) is 16.3. The molecular formula is C13H15N3O2S. The number of carbonyl (C=O) groups is 1. The summed E-state index contributed by atoms with van der Waals surface area (Å²) in [5.41, 5.74) is 7.05. The van der Waals surface area contributed by atoms with Gasteiger partial charge in [0.05, 0.1) is 11.7 Å². The molecule has 1 aromatic carbocycles. The van der Waals surface area contributed by atoms with Crippen molar-refractivity contribution >= 4 is 22.9 Å². The van der Waals surface area contributed by atoms with Gasteiger partial charge in [-0.25, -0.2) is 4.98 Å². The maximum atomic E-state index is 12.0. The van der Waals surface area contributed by atoms with Crippen LogP contribution in [-0.2, 0) is 0 Å². The number of phenolic OH excluding ortho intramolecular Hbond substituents is 1. The quantitative estimate of drug-likeness (QED) is 0.593. The number of carbonyl (C=O) groups excluding carboxylic acids is 1. The van der Waals surface area contributed by atoms with Gasteiger partial charge < -0.3 is 16.2 Å². The maximum absolute atomic E-state index is 12.0. The van der Waals surface area contributed by atoms with Crippen LogP contribution in [0.3, 0.4) is 0 Å². The number of hydrogen-bond acceptors (Lipinski definition) is 5. The number of nitrogens with one attached hydrogen (secondary N) is 1. The summed E-state index contributed by atoms with van der Waals surface area (Å²) in [7, 11) is 0. The normalized spacial score (nSPS) is 12.1. The van der Waals surface area contributed by atoms with Crippen molar-refractivity contribution in [3.63, 3.8) is 0 Å². The van der Waals surface area contributed by atoms with E-state index in [1.807, 2.05) is 19.2 Å². The first-order valence-corrected chi connectivity index (χ1v) is 6.66. The van der Waals surface area contributed by atoms with Gasteiger partial charge in [-0.15, -0.1) is 11.3 Å². The monoisotopic (exact) mass is 277 g/mol. The first-order chi connectivity index (χ1) is 8.97. The minimum absolute atomic E-state index is 0.0922. The van der Waals surface area contributed by atoms with Crippen LogP contribution in [0.2, 0.25) is 0 Å². The van der Waals surface area contributed by atoms with Crippen molar-refractivity contribution in [2.45, 2.75) is 19.9 Å². The van der Waals surface area contributed by atoms with Crippen molar-refractivity contribution in [2.24, 2.45) is 0 Å². The van der Waals surface area contributed by atoms with E-state index in [1.165, 1.54) is 23.5 Å². The molecule has 0 aliphatic heterocycles. The third kappa shape index (κ3) is 3.03. The predicted molar refractivity (Wildman–Crippen MR) is 75.3 cm³/mol. The van der Waals surface area contributed by atoms with Gasteiger partial charge in [-0.2, -0.15) is 0 Å². The fraction of sp³-hybridized carbons (Fsp3) is 0.231. The first kappa shape index (κ1) is 13.4. The minimum Gasteiger partial charge on any atom is -0.506 e. The zero-order valence-corrected chi connectivity index (χ0v) is 11.5. The van der Waals surface area contributed by atoms with Gasteiger partial charge in [0.15, 0.2) is 0 Å². The Bertz CT molecular complexity index is 610. The fourth-order valence-electron chi connectivity index (χ4n) is 1.60. The van der Waals surface area contributed by atoms with Gasteiger partial charge >= 0.3 is 0 Å². The van der Waals surface area contributed by atoms with E-state index in [2.05, 4.69) is 10.3 Å². The number of anilines is 1. The number of rotatable bonds is 3. The zero-order chi connectivity index (χ0) is 14.0. The van der Waals surface area contributed by atoms with Gasteiger partial charge in [-0.05, 0) is 32.0 Å². The lowest BCUT2D eigenvalue weighted by Gasteiger charge is -2.11. The van der Waals surface area contributed by atoms with E-state index < -0.39 is 0 Å². The lowest BCUT2D eigenvalue weighted by molar-refractivity contribution is 0.0939. The molecule has 0 bridgehead atoms. The van der Waals surface area contributed by atoms with Gasteiger partial charge in [0.1, 0.15) is 10.8 Å². The topological polar surface area (TPSA) is 88.2 Å². The van der Waals surface area contributed by atoms with Crippen LogP contribution in [0.1, 0.15) is 34.0 Å². The molecule has 0 radical (unpaired) electrons. The molecule has 19 heavy (non-hydrogen) atoms. The van der Waals surface area contributed by atoms with Crippen LogP contribution in [0.4, 0.5) is 5.69 Å². The summed E-state index contributed by atoms with van der Waals surface area (Å²) >= 11 is 1.51. The number of nitrogens with zero attached hydrogens (tertiary/aromatic N) is 1. The summed E-state index contributed by atoms with van der Waals surface area (Å²) in [6.07, 6.45) is 0. The second-order valence-corrected chi connectivity index (χ2v) is 5.19. The van der Waals surface area contributed by atoms with Crippen LogP contribution in [-0.4, -0.2) is 16.0 Å². The van der Waals surface area contributed by atoms with E-state index in [4.69, 9.17) is 5.73 Å². The van der Waals surface area contributed by atoms with Gasteiger partial charge in [0.2, 0.25) is 0 Å². The number of nitrogen functional groups attached to an aromatic ring is 1. The molecule has 0 saturated carbocycles. The number of aromatic nitrogens is 1. The van der Waals surface area contributed by atoms with Crippen molar-refractivity contribution in [2.75, 3.05) is 5.73 Å². The Labute approximate surface area is 115 Å². The average Bonchev–Trinajstić information content (AvgIpc) is 2.79. The highest BCUT2D eigenvalue weighted by Gasteiger charge is 2.14. The molecule has 5 nitrogen and oxygen atoms in total. The Hall–Kier alpha value is -2.08. The van der Waals surface area contributed by atoms with Crippen LogP contribution >= 0.6 is 11.3 Å². The molecule has 0 spiro atoms. The van der Waals surface area contributed by atoms with E-state index in [1.54, 1.807) is 6.07 Å². The van der Waals surface area contributed by atoms with Gasteiger partial charge in [-0.1, -0.05) is 0 Å². The molecule has 1 unspecified atom stereocenters. The van der Waals surface area contributed by atoms with Crippen molar-refractivity contribution in [1.82, 2.24) is 10.3 Å². The van der Waals surface area contributed by atoms with Gasteiger partial charge in [-0.3, -0.25) is 4.79 Å². The molecule has 1 amide bonds. The maximum Gasteiger partial charge on any atom is 0.251 e. The van der Waals surface area contributed by atoms with Gasteiger partial charge in [0, 0.05) is 16.6 Å². The van der Waals surface area contributed by atoms with Crippen LogP contribution in [0.5, 0.6) is 5.75 Å². The van der Waals surface area contributed by atoms with Crippen molar-refractivity contribution < 1.29 is 9.90 Å². The second-order valence-electron chi connectivity index (χ2n) is 4.30. The molecule has 0 aliphatic rings. The molecule has 2 aromatic rings. The van der Waals surface area contributed by atoms with E-state index >= 15 is 0 Å². The molecular weight excluding hydrogens is 262 g/mol. The lowest BCUT2D eigenvalue weighted by Crippen LogP contribution is -2.26. The highest BCUT2D eigenvalue weighted by Crippen LogP contribution is 2.22. The van der Waals surface area contributed by atoms with Crippen molar-refractivity contribution in [1.29, 1.82) is 0 Å². The number of amides is 1. The molecule has 6 heteroatoms. The number of aromatic hydroxyl groups is 1. The third-order valence-corrected chi connectivity index (χ3v) is 3.79. The summed E-state index contributed by atoms with van der Waals surface area (Å²) in [6, 6.07) is 4.25. The molecule has 1 aromatic heterocycles. The number of hydrogen-bond donors (Lipinski definition) is 3. The summed E-state index contributed by atoms with van der Waals surface area (Å²) in [5, 5.41) is 15.1. The zero-order valence-electron chi connectivity index (χ0n) is 10.7. The number of thiazole rings is 1. The molecule has 0 saturated heterocycles. The van der Waals surface area contributed by atoms with Crippen LogP contribution < -0.4 is 11.1 Å². The number of aryl methyl sites for hydroxylation is 1. The predicted octanol–water partition coefficient (Wildman–Crippen LogP) is 2.23. The Morgan fingerprint density at radius 3 is 2.84 bits per heavy atom.